The zero-order chi connectivity index (χ0) is 10.6. The van der Waals surface area contributed by atoms with Crippen LogP contribution in [0.3, 0.4) is 0 Å². The van der Waals surface area contributed by atoms with Crippen LogP contribution in [-0.4, -0.2) is 15.8 Å². The van der Waals surface area contributed by atoms with Crippen molar-refractivity contribution >= 4 is 0 Å². The van der Waals surface area contributed by atoms with Crippen LogP contribution in [0.25, 0.3) is 0 Å². The van der Waals surface area contributed by atoms with Gasteiger partial charge < -0.3 is 0 Å². The van der Waals surface area contributed by atoms with Crippen molar-refractivity contribution in [1.82, 2.24) is 15.1 Å². The lowest BCUT2D eigenvalue weighted by Gasteiger charge is -2.12. The largest absolute Gasteiger partial charge is 0.296 e. The third-order valence-electron chi connectivity index (χ3n) is 1.94. The summed E-state index contributed by atoms with van der Waals surface area (Å²) in [5.41, 5.74) is 0.933. The van der Waals surface area contributed by atoms with Crippen LogP contribution < -0.4 is 5.32 Å². The Hall–Kier alpha value is -1.34. The molecular weight excluding hydrogens is 176 g/mol. The first kappa shape index (κ1) is 10.7. The fourth-order valence-electron chi connectivity index (χ4n) is 1.24. The maximum atomic E-state index is 8.96. The minimum atomic E-state index is -0.254. The molecule has 0 aliphatic rings. The van der Waals surface area contributed by atoms with Gasteiger partial charge in [-0.2, -0.15) is 10.4 Å². The predicted octanol–water partition coefficient (Wildman–Crippen LogP) is 1.47. The first-order valence-corrected chi connectivity index (χ1v) is 4.85. The summed E-state index contributed by atoms with van der Waals surface area (Å²) < 4.78 is 1.82. The van der Waals surface area contributed by atoms with E-state index in [1.807, 2.05) is 31.6 Å². The van der Waals surface area contributed by atoms with Gasteiger partial charge in [0.2, 0.25) is 0 Å². The van der Waals surface area contributed by atoms with Gasteiger partial charge >= 0.3 is 0 Å². The number of aromatic nitrogens is 2. The molecule has 0 radical (unpaired) electrons. The molecule has 0 aliphatic heterocycles. The lowest BCUT2D eigenvalue weighted by molar-refractivity contribution is 0.545. The van der Waals surface area contributed by atoms with Crippen LogP contribution >= 0.6 is 0 Å². The zero-order valence-corrected chi connectivity index (χ0v) is 8.86. The summed E-state index contributed by atoms with van der Waals surface area (Å²) in [6, 6.07) is 2.26. The average molecular weight is 192 g/mol. The molecule has 4 heteroatoms. The molecule has 0 spiro atoms. The van der Waals surface area contributed by atoms with Gasteiger partial charge in [0.15, 0.2) is 0 Å². The van der Waals surface area contributed by atoms with Crippen molar-refractivity contribution in [3.05, 3.63) is 18.0 Å². The summed E-state index contributed by atoms with van der Waals surface area (Å²) in [5.74, 6) is 0. The fourth-order valence-corrected chi connectivity index (χ4v) is 1.24. The van der Waals surface area contributed by atoms with Gasteiger partial charge in [0, 0.05) is 24.3 Å². The molecule has 1 N–H and O–H groups in total. The molecule has 0 saturated heterocycles. The van der Waals surface area contributed by atoms with Gasteiger partial charge in [0.25, 0.3) is 0 Å². The average Bonchev–Trinajstić information content (AvgIpc) is 2.62. The Bertz CT molecular complexity index is 321. The number of hydrogen-bond donors (Lipinski definition) is 1. The molecule has 1 atom stereocenters. The van der Waals surface area contributed by atoms with Crippen LogP contribution in [0.1, 0.15) is 32.4 Å². The quantitative estimate of drug-likeness (QED) is 0.785. The fraction of sp³-hybridized carbons (Fsp3) is 0.600. The summed E-state index contributed by atoms with van der Waals surface area (Å²) >= 11 is 0. The molecule has 0 amide bonds. The maximum absolute atomic E-state index is 8.96. The Balaban J connectivity index is 2.75. The van der Waals surface area contributed by atoms with Crippen molar-refractivity contribution in [2.24, 2.45) is 0 Å². The minimum absolute atomic E-state index is 0.254. The summed E-state index contributed by atoms with van der Waals surface area (Å²) in [6.45, 7) is 6.90. The molecule has 0 aliphatic carbocycles. The molecule has 1 rings (SSSR count). The van der Waals surface area contributed by atoms with Crippen LogP contribution in [0, 0.1) is 11.3 Å². The highest BCUT2D eigenvalue weighted by Crippen LogP contribution is 2.11. The van der Waals surface area contributed by atoms with Crippen LogP contribution in [0.4, 0.5) is 0 Å². The molecule has 1 aromatic rings. The van der Waals surface area contributed by atoms with Gasteiger partial charge in [-0.05, 0) is 20.8 Å². The number of nitrogens with one attached hydrogen (secondary N) is 1. The van der Waals surface area contributed by atoms with Crippen LogP contribution in [-0.2, 0) is 6.54 Å². The second-order valence-electron chi connectivity index (χ2n) is 3.51. The maximum Gasteiger partial charge on any atom is 0.124 e. The Labute approximate surface area is 84.5 Å². The van der Waals surface area contributed by atoms with E-state index in [-0.39, 0.29) is 6.04 Å². The molecule has 1 aromatic heterocycles. The first-order valence-electron chi connectivity index (χ1n) is 4.85. The number of rotatable bonds is 4. The van der Waals surface area contributed by atoms with Crippen molar-refractivity contribution in [2.75, 3.05) is 0 Å². The number of aryl methyl sites for hydroxylation is 1. The lowest BCUT2D eigenvalue weighted by Crippen LogP contribution is -2.26. The van der Waals surface area contributed by atoms with Gasteiger partial charge in [-0.1, -0.05) is 0 Å². The Morgan fingerprint density at radius 2 is 2.36 bits per heavy atom. The highest BCUT2D eigenvalue weighted by Gasteiger charge is 2.12. The van der Waals surface area contributed by atoms with Gasteiger partial charge in [0.1, 0.15) is 6.04 Å². The minimum Gasteiger partial charge on any atom is -0.296 e. The van der Waals surface area contributed by atoms with E-state index in [0.717, 1.165) is 12.1 Å². The summed E-state index contributed by atoms with van der Waals surface area (Å²) in [6.07, 6.45) is 3.65. The SMILES string of the molecule is CCn1cc(C(C#N)NC(C)C)cn1. The number of nitrogens with zero attached hydrogens (tertiary/aromatic N) is 3. The smallest absolute Gasteiger partial charge is 0.124 e. The second kappa shape index (κ2) is 4.77. The van der Waals surface area contributed by atoms with Crippen molar-refractivity contribution in [1.29, 1.82) is 5.26 Å². The van der Waals surface area contributed by atoms with Crippen molar-refractivity contribution < 1.29 is 0 Å². The molecule has 0 fully saturated rings. The standard InChI is InChI=1S/C10H16N4/c1-4-14-7-9(6-12-14)10(5-11)13-8(2)3/h6-8,10,13H,4H2,1-3H3. The molecule has 0 saturated carbocycles. The topological polar surface area (TPSA) is 53.6 Å². The van der Waals surface area contributed by atoms with E-state index in [2.05, 4.69) is 16.5 Å². The van der Waals surface area contributed by atoms with E-state index in [4.69, 9.17) is 5.26 Å². The summed E-state index contributed by atoms with van der Waals surface area (Å²) in [5, 5.41) is 16.3. The molecule has 1 heterocycles. The third kappa shape index (κ3) is 2.57. The highest BCUT2D eigenvalue weighted by molar-refractivity contribution is 5.17. The second-order valence-corrected chi connectivity index (χ2v) is 3.51. The third-order valence-corrected chi connectivity index (χ3v) is 1.94. The van der Waals surface area contributed by atoms with Gasteiger partial charge in [0.05, 0.1) is 12.3 Å². The van der Waals surface area contributed by atoms with E-state index in [1.54, 1.807) is 6.20 Å². The van der Waals surface area contributed by atoms with E-state index in [0.29, 0.717) is 6.04 Å². The Morgan fingerprint density at radius 1 is 1.64 bits per heavy atom. The highest BCUT2D eigenvalue weighted by atomic mass is 15.3. The molecule has 0 aromatic carbocycles. The van der Waals surface area contributed by atoms with Crippen LogP contribution in [0.5, 0.6) is 0 Å². The molecule has 14 heavy (non-hydrogen) atoms. The normalized spacial score (nSPS) is 12.8. The molecular formula is C10H16N4. The van der Waals surface area contributed by atoms with E-state index >= 15 is 0 Å². The van der Waals surface area contributed by atoms with E-state index in [9.17, 15) is 0 Å². The number of hydrogen-bond acceptors (Lipinski definition) is 3. The Kier molecular flexibility index (Phi) is 3.66. The molecule has 4 nitrogen and oxygen atoms in total. The van der Waals surface area contributed by atoms with Gasteiger partial charge in [-0.15, -0.1) is 0 Å². The monoisotopic (exact) mass is 192 g/mol. The van der Waals surface area contributed by atoms with E-state index in [1.165, 1.54) is 0 Å². The van der Waals surface area contributed by atoms with Gasteiger partial charge in [-0.3, -0.25) is 10.00 Å². The summed E-state index contributed by atoms with van der Waals surface area (Å²) in [7, 11) is 0. The molecule has 0 bridgehead atoms. The molecule has 1 unspecified atom stereocenters. The lowest BCUT2D eigenvalue weighted by atomic mass is 10.1. The van der Waals surface area contributed by atoms with Crippen molar-refractivity contribution in [3.63, 3.8) is 0 Å². The van der Waals surface area contributed by atoms with Gasteiger partial charge in [-0.25, -0.2) is 0 Å². The predicted molar refractivity (Wildman–Crippen MR) is 54.5 cm³/mol. The first-order chi connectivity index (χ1) is 6.67. The van der Waals surface area contributed by atoms with Crippen molar-refractivity contribution in [3.8, 4) is 6.07 Å². The Morgan fingerprint density at radius 3 is 2.79 bits per heavy atom. The van der Waals surface area contributed by atoms with Crippen LogP contribution in [0.15, 0.2) is 12.4 Å². The van der Waals surface area contributed by atoms with Crippen molar-refractivity contribution in [2.45, 2.75) is 39.4 Å². The molecule has 76 valence electrons. The number of nitriles is 1. The van der Waals surface area contributed by atoms with E-state index < -0.39 is 0 Å². The zero-order valence-electron chi connectivity index (χ0n) is 8.86. The summed E-state index contributed by atoms with van der Waals surface area (Å²) in [4.78, 5) is 0. The van der Waals surface area contributed by atoms with Crippen LogP contribution in [0.2, 0.25) is 0 Å².